The van der Waals surface area contributed by atoms with E-state index in [0.29, 0.717) is 0 Å². The summed E-state index contributed by atoms with van der Waals surface area (Å²) < 4.78 is 2.22. The van der Waals surface area contributed by atoms with Crippen molar-refractivity contribution in [2.75, 3.05) is 6.54 Å². The van der Waals surface area contributed by atoms with Gasteiger partial charge in [-0.15, -0.1) is 0 Å². The minimum atomic E-state index is 0.0517. The van der Waals surface area contributed by atoms with Gasteiger partial charge in [0.1, 0.15) is 0 Å². The van der Waals surface area contributed by atoms with Crippen LogP contribution in [0.1, 0.15) is 24.2 Å². The third kappa shape index (κ3) is 2.50. The quantitative estimate of drug-likeness (QED) is 0.677. The van der Waals surface area contributed by atoms with Crippen LogP contribution in [-0.2, 0) is 11.3 Å². The number of hydrogen-bond acceptors (Lipinski definition) is 2. The van der Waals surface area contributed by atoms with Crippen LogP contribution in [0.15, 0.2) is 60.9 Å². The molecule has 0 spiro atoms. The van der Waals surface area contributed by atoms with Gasteiger partial charge in [-0.25, -0.2) is 0 Å². The zero-order valence-corrected chi connectivity index (χ0v) is 13.6. The number of carbonyl (C=O) groups excluding carboxylic acids is 1. The first-order valence-electron chi connectivity index (χ1n) is 8.21. The van der Waals surface area contributed by atoms with Crippen LogP contribution in [0.25, 0.3) is 17.0 Å². The predicted octanol–water partition coefficient (Wildman–Crippen LogP) is 3.65. The Balaban J connectivity index is 1.59. The van der Waals surface area contributed by atoms with E-state index >= 15 is 0 Å². The Morgan fingerprint density at radius 3 is 2.96 bits per heavy atom. The lowest BCUT2D eigenvalue weighted by atomic mass is 10.1. The minimum absolute atomic E-state index is 0.0517. The lowest BCUT2D eigenvalue weighted by Crippen LogP contribution is -2.39. The van der Waals surface area contributed by atoms with Crippen molar-refractivity contribution in [3.05, 3.63) is 72.2 Å². The summed E-state index contributed by atoms with van der Waals surface area (Å²) in [6.45, 7) is 3.67. The van der Waals surface area contributed by atoms with Crippen LogP contribution in [0.4, 0.5) is 0 Å². The fourth-order valence-corrected chi connectivity index (χ4v) is 3.40. The van der Waals surface area contributed by atoms with Gasteiger partial charge in [0.05, 0.1) is 11.6 Å². The third-order valence-corrected chi connectivity index (χ3v) is 4.71. The Kier molecular flexibility index (Phi) is 3.65. The summed E-state index contributed by atoms with van der Waals surface area (Å²) >= 11 is 0. The van der Waals surface area contributed by atoms with Crippen molar-refractivity contribution in [2.24, 2.45) is 0 Å². The second kappa shape index (κ2) is 5.96. The zero-order valence-electron chi connectivity index (χ0n) is 13.6. The second-order valence-electron chi connectivity index (χ2n) is 6.08. The molecule has 0 bridgehead atoms. The molecule has 1 aliphatic heterocycles. The van der Waals surface area contributed by atoms with Crippen molar-refractivity contribution in [1.29, 1.82) is 0 Å². The molecular weight excluding hydrogens is 298 g/mol. The molecule has 3 aromatic rings. The average molecular weight is 317 g/mol. The molecule has 120 valence electrons. The number of rotatable bonds is 2. The first kappa shape index (κ1) is 14.7. The number of para-hydroxylation sites is 1. The van der Waals surface area contributed by atoms with E-state index in [1.165, 1.54) is 5.69 Å². The summed E-state index contributed by atoms with van der Waals surface area (Å²) in [5, 5.41) is 1.06. The van der Waals surface area contributed by atoms with Gasteiger partial charge < -0.3 is 9.47 Å². The van der Waals surface area contributed by atoms with E-state index < -0.39 is 0 Å². The monoisotopic (exact) mass is 317 g/mol. The maximum absolute atomic E-state index is 12.7. The predicted molar refractivity (Wildman–Crippen MR) is 95.3 cm³/mol. The summed E-state index contributed by atoms with van der Waals surface area (Å²) in [6, 6.07) is 14.1. The maximum atomic E-state index is 12.7. The van der Waals surface area contributed by atoms with Gasteiger partial charge >= 0.3 is 0 Å². The van der Waals surface area contributed by atoms with Crippen LogP contribution < -0.4 is 0 Å². The molecular formula is C20H19N3O. The number of nitrogens with zero attached hydrogens (tertiary/aromatic N) is 3. The molecule has 1 aliphatic rings. The highest BCUT2D eigenvalue weighted by atomic mass is 16.2. The lowest BCUT2D eigenvalue weighted by Gasteiger charge is -2.34. The summed E-state index contributed by atoms with van der Waals surface area (Å²) in [5.74, 6) is 0.0517. The molecule has 0 radical (unpaired) electrons. The van der Waals surface area contributed by atoms with Gasteiger partial charge in [-0.2, -0.15) is 0 Å². The van der Waals surface area contributed by atoms with E-state index in [-0.39, 0.29) is 11.9 Å². The first-order chi connectivity index (χ1) is 11.7. The molecule has 2 aromatic heterocycles. The van der Waals surface area contributed by atoms with Gasteiger partial charge in [0, 0.05) is 42.6 Å². The van der Waals surface area contributed by atoms with Crippen molar-refractivity contribution >= 4 is 22.9 Å². The highest BCUT2D eigenvalue weighted by molar-refractivity contribution is 5.95. The minimum Gasteiger partial charge on any atom is -0.348 e. The van der Waals surface area contributed by atoms with E-state index in [4.69, 9.17) is 0 Å². The molecule has 1 aromatic carbocycles. The number of aromatic nitrogens is 2. The normalized spacial score (nSPS) is 17.4. The highest BCUT2D eigenvalue weighted by Gasteiger charge is 2.25. The van der Waals surface area contributed by atoms with Crippen molar-refractivity contribution in [3.63, 3.8) is 0 Å². The van der Waals surface area contributed by atoms with E-state index in [2.05, 4.69) is 28.7 Å². The van der Waals surface area contributed by atoms with Gasteiger partial charge in [0.25, 0.3) is 0 Å². The molecule has 0 N–H and O–H groups in total. The Hall–Kier alpha value is -2.88. The van der Waals surface area contributed by atoms with Crippen molar-refractivity contribution in [3.8, 4) is 0 Å². The molecule has 1 unspecified atom stereocenters. The van der Waals surface area contributed by atoms with Crippen LogP contribution in [0.5, 0.6) is 0 Å². The smallest absolute Gasteiger partial charge is 0.247 e. The number of fused-ring (bicyclic) bond motifs is 2. The molecule has 4 heteroatoms. The average Bonchev–Trinajstić information content (AvgIpc) is 3.09. The Labute approximate surface area is 141 Å². The molecule has 4 nitrogen and oxygen atoms in total. The number of benzene rings is 1. The Morgan fingerprint density at radius 1 is 1.17 bits per heavy atom. The SMILES string of the molecule is CC1c2cccn2CCN1C(=O)/C=C/c1ccnc2ccccc12. The summed E-state index contributed by atoms with van der Waals surface area (Å²) in [5.41, 5.74) is 3.15. The van der Waals surface area contributed by atoms with Gasteiger partial charge in [-0.05, 0) is 42.8 Å². The summed E-state index contributed by atoms with van der Waals surface area (Å²) in [4.78, 5) is 18.9. The van der Waals surface area contributed by atoms with Crippen LogP contribution in [-0.4, -0.2) is 26.9 Å². The highest BCUT2D eigenvalue weighted by Crippen LogP contribution is 2.26. The molecule has 0 saturated heterocycles. The van der Waals surface area contributed by atoms with Gasteiger partial charge in [-0.3, -0.25) is 9.78 Å². The fourth-order valence-electron chi connectivity index (χ4n) is 3.40. The maximum Gasteiger partial charge on any atom is 0.247 e. The number of pyridine rings is 1. The van der Waals surface area contributed by atoms with Crippen LogP contribution in [0, 0.1) is 0 Å². The molecule has 1 amide bonds. The molecule has 1 atom stereocenters. The standard InChI is InChI=1S/C20H19N3O/c1-15-19-7-4-12-22(19)13-14-23(15)20(24)9-8-16-10-11-21-18-6-3-2-5-17(16)18/h2-12,15H,13-14H2,1H3/b9-8+. The van der Waals surface area contributed by atoms with Crippen molar-refractivity contribution in [2.45, 2.75) is 19.5 Å². The van der Waals surface area contributed by atoms with Gasteiger partial charge in [0.2, 0.25) is 5.91 Å². The number of amides is 1. The number of hydrogen-bond donors (Lipinski definition) is 0. The second-order valence-corrected chi connectivity index (χ2v) is 6.08. The molecule has 0 fully saturated rings. The molecule has 3 heterocycles. The Morgan fingerprint density at radius 2 is 2.04 bits per heavy atom. The third-order valence-electron chi connectivity index (χ3n) is 4.71. The summed E-state index contributed by atoms with van der Waals surface area (Å²) in [6.07, 6.45) is 7.43. The van der Waals surface area contributed by atoms with Crippen molar-refractivity contribution in [1.82, 2.24) is 14.5 Å². The van der Waals surface area contributed by atoms with Crippen LogP contribution in [0.2, 0.25) is 0 Å². The van der Waals surface area contributed by atoms with E-state index in [1.54, 1.807) is 12.3 Å². The fraction of sp³-hybridized carbons (Fsp3) is 0.200. The molecule has 0 saturated carbocycles. The molecule has 24 heavy (non-hydrogen) atoms. The van der Waals surface area contributed by atoms with E-state index in [0.717, 1.165) is 29.6 Å². The van der Waals surface area contributed by atoms with Gasteiger partial charge in [0.15, 0.2) is 0 Å². The van der Waals surface area contributed by atoms with E-state index in [1.807, 2.05) is 47.4 Å². The van der Waals surface area contributed by atoms with Gasteiger partial charge in [-0.1, -0.05) is 18.2 Å². The summed E-state index contributed by atoms with van der Waals surface area (Å²) in [7, 11) is 0. The molecule has 4 rings (SSSR count). The van der Waals surface area contributed by atoms with Crippen molar-refractivity contribution < 1.29 is 4.79 Å². The zero-order chi connectivity index (χ0) is 16.5. The van der Waals surface area contributed by atoms with Crippen LogP contribution >= 0.6 is 0 Å². The topological polar surface area (TPSA) is 38.1 Å². The van der Waals surface area contributed by atoms with E-state index in [9.17, 15) is 4.79 Å². The molecule has 0 aliphatic carbocycles. The Bertz CT molecular complexity index is 920. The largest absolute Gasteiger partial charge is 0.348 e. The number of carbonyl (C=O) groups is 1. The first-order valence-corrected chi connectivity index (χ1v) is 8.21. The lowest BCUT2D eigenvalue weighted by molar-refractivity contribution is -0.129. The van der Waals surface area contributed by atoms with Crippen LogP contribution in [0.3, 0.4) is 0 Å².